The van der Waals surface area contributed by atoms with E-state index in [0.717, 1.165) is 24.8 Å². The summed E-state index contributed by atoms with van der Waals surface area (Å²) in [4.78, 5) is 24.8. The van der Waals surface area contributed by atoms with Crippen LogP contribution in [0, 0.1) is 45.8 Å². The molecule has 7 atom stereocenters. The molecule has 41 heavy (non-hydrogen) atoms. The zero-order chi connectivity index (χ0) is 30.1. The molecule has 0 aromatic rings. The molecule has 0 aromatic carbocycles. The second-order valence-corrected chi connectivity index (χ2v) is 15.0. The maximum absolute atomic E-state index is 13.3. The van der Waals surface area contributed by atoms with E-state index in [1.165, 1.54) is 25.3 Å². The maximum Gasteiger partial charge on any atom is 0.331 e. The number of hydrogen-bond acceptors (Lipinski definition) is 6. The average molecular weight is 571 g/mol. The molecule has 0 unspecified atom stereocenters. The first-order chi connectivity index (χ1) is 19.2. The Morgan fingerprint density at radius 3 is 2.49 bits per heavy atom. The molecular weight excluding hydrogens is 516 g/mol. The van der Waals surface area contributed by atoms with Crippen molar-refractivity contribution in [3.8, 4) is 11.8 Å². The van der Waals surface area contributed by atoms with Crippen LogP contribution in [0.3, 0.4) is 0 Å². The summed E-state index contributed by atoms with van der Waals surface area (Å²) in [5.41, 5.74) is -2.54. The quantitative estimate of drug-likeness (QED) is 0.217. The fraction of sp³-hybridized carbons (Fsp3) is 0.829. The number of cyclic esters (lactones) is 1. The van der Waals surface area contributed by atoms with Crippen molar-refractivity contribution in [3.63, 3.8) is 0 Å². The molecule has 0 spiro atoms. The van der Waals surface area contributed by atoms with Gasteiger partial charge in [-0.15, -0.1) is 5.92 Å². The van der Waals surface area contributed by atoms with Crippen molar-refractivity contribution in [2.45, 2.75) is 143 Å². The van der Waals surface area contributed by atoms with Gasteiger partial charge >= 0.3 is 11.9 Å². The van der Waals surface area contributed by atoms with E-state index in [-0.39, 0.29) is 36.3 Å². The standard InChI is InChI=1S/C35H54O6/c1-24(2)11-9-12-25(3)13-10-18-34-28(36)16-19-32(4,5)31(34)27-22-33(6,17-8-7-14-29(37)41-27)35(34,39)20-15-26-21-30(38)40-23-26/h21,24-25,27-28,31,36,39H,7,9-16,18-20,22-23H2,1-6H3/t25-,27+,28+,31-,33-,34-,35+/m0/s1. The lowest BCUT2D eigenvalue weighted by atomic mass is 9.37. The first-order valence-corrected chi connectivity index (χ1v) is 16.2. The van der Waals surface area contributed by atoms with Crippen LogP contribution in [0.4, 0.5) is 0 Å². The van der Waals surface area contributed by atoms with E-state index in [1.807, 2.05) is 6.92 Å². The molecule has 2 aliphatic heterocycles. The third-order valence-corrected chi connectivity index (χ3v) is 11.1. The van der Waals surface area contributed by atoms with Crippen LogP contribution in [0.15, 0.2) is 11.6 Å². The fourth-order valence-electron chi connectivity index (χ4n) is 9.01. The number of aliphatic hydroxyl groups excluding tert-OH is 1. The number of ether oxygens (including phenoxy) is 2. The Hall–Kier alpha value is -1.84. The predicted molar refractivity (Wildman–Crippen MR) is 159 cm³/mol. The van der Waals surface area contributed by atoms with Gasteiger partial charge in [0.2, 0.25) is 0 Å². The SMILES string of the molecule is CC(C)CCC[C@H](C)CCC[C@]12[C@H](O)CCC(C)(C)[C@@H]1[C@H]1C[C@](C)(C#CCCC(=O)O1)[C@]2(O)CCC1=CC(=O)OC1. The van der Waals surface area contributed by atoms with E-state index < -0.39 is 28.6 Å². The van der Waals surface area contributed by atoms with Crippen LogP contribution >= 0.6 is 0 Å². The zero-order valence-corrected chi connectivity index (χ0v) is 26.4. The van der Waals surface area contributed by atoms with Crippen molar-refractivity contribution >= 4 is 11.9 Å². The van der Waals surface area contributed by atoms with Crippen LogP contribution < -0.4 is 0 Å². The van der Waals surface area contributed by atoms with E-state index in [0.29, 0.717) is 50.4 Å². The molecule has 0 amide bonds. The summed E-state index contributed by atoms with van der Waals surface area (Å²) in [6.07, 6.45) is 9.85. The number of carbonyl (C=O) groups is 2. The molecule has 6 nitrogen and oxygen atoms in total. The smallest absolute Gasteiger partial charge is 0.331 e. The Bertz CT molecular complexity index is 1060. The minimum Gasteiger partial charge on any atom is -0.462 e. The first kappa shape index (κ1) is 32.1. The molecule has 2 bridgehead atoms. The highest BCUT2D eigenvalue weighted by molar-refractivity contribution is 5.85. The number of rotatable bonds is 11. The van der Waals surface area contributed by atoms with E-state index in [1.54, 1.807) is 0 Å². The van der Waals surface area contributed by atoms with Crippen molar-refractivity contribution in [3.05, 3.63) is 11.6 Å². The average Bonchev–Trinajstić information content (AvgIpc) is 3.32. The van der Waals surface area contributed by atoms with Crippen LogP contribution in [-0.4, -0.2) is 46.6 Å². The molecule has 230 valence electrons. The van der Waals surface area contributed by atoms with Gasteiger partial charge in [0.25, 0.3) is 0 Å². The summed E-state index contributed by atoms with van der Waals surface area (Å²) in [7, 11) is 0. The van der Waals surface area contributed by atoms with Gasteiger partial charge in [-0.3, -0.25) is 4.79 Å². The highest BCUT2D eigenvalue weighted by Crippen LogP contribution is 2.69. The maximum atomic E-state index is 13.3. The minimum absolute atomic E-state index is 0.215. The summed E-state index contributed by atoms with van der Waals surface area (Å²) < 4.78 is 11.4. The molecular formula is C35H54O6. The van der Waals surface area contributed by atoms with Gasteiger partial charge in [0.15, 0.2) is 0 Å². The van der Waals surface area contributed by atoms with E-state index in [4.69, 9.17) is 9.47 Å². The monoisotopic (exact) mass is 570 g/mol. The van der Waals surface area contributed by atoms with Gasteiger partial charge in [-0.05, 0) is 61.9 Å². The highest BCUT2D eigenvalue weighted by atomic mass is 16.5. The molecule has 0 aromatic heterocycles. The van der Waals surface area contributed by atoms with Crippen LogP contribution in [0.5, 0.6) is 0 Å². The van der Waals surface area contributed by atoms with E-state index in [2.05, 4.69) is 46.5 Å². The summed E-state index contributed by atoms with van der Waals surface area (Å²) in [6.45, 7) is 13.5. The molecule has 0 radical (unpaired) electrons. The van der Waals surface area contributed by atoms with Crippen LogP contribution in [0.1, 0.15) is 125 Å². The zero-order valence-electron chi connectivity index (χ0n) is 26.4. The van der Waals surface area contributed by atoms with Crippen molar-refractivity contribution in [2.75, 3.05) is 6.61 Å². The van der Waals surface area contributed by atoms with Gasteiger partial charge in [-0.25, -0.2) is 4.79 Å². The van der Waals surface area contributed by atoms with Crippen LogP contribution in [0.25, 0.3) is 0 Å². The normalized spacial score (nSPS) is 37.0. The second kappa shape index (κ2) is 12.4. The molecule has 2 aliphatic carbocycles. The molecule has 4 aliphatic rings. The Morgan fingerprint density at radius 2 is 1.80 bits per heavy atom. The fourth-order valence-corrected chi connectivity index (χ4v) is 9.01. The van der Waals surface area contributed by atoms with E-state index >= 15 is 0 Å². The van der Waals surface area contributed by atoms with Crippen LogP contribution in [0.2, 0.25) is 0 Å². The largest absolute Gasteiger partial charge is 0.462 e. The van der Waals surface area contributed by atoms with Gasteiger partial charge < -0.3 is 19.7 Å². The van der Waals surface area contributed by atoms with Gasteiger partial charge in [-0.1, -0.05) is 72.6 Å². The Labute approximate surface area is 248 Å². The lowest BCUT2D eigenvalue weighted by Gasteiger charge is -2.69. The van der Waals surface area contributed by atoms with Gasteiger partial charge in [-0.2, -0.15) is 0 Å². The van der Waals surface area contributed by atoms with Crippen molar-refractivity contribution in [1.29, 1.82) is 0 Å². The molecule has 6 heteroatoms. The number of hydrogen-bond donors (Lipinski definition) is 2. The summed E-state index contributed by atoms with van der Waals surface area (Å²) in [5.74, 6) is 7.13. The van der Waals surface area contributed by atoms with Gasteiger partial charge in [0.05, 0.1) is 23.5 Å². The summed E-state index contributed by atoms with van der Waals surface area (Å²) in [5, 5.41) is 25.5. The summed E-state index contributed by atoms with van der Waals surface area (Å²) in [6, 6.07) is 0. The third-order valence-electron chi connectivity index (χ3n) is 11.1. The lowest BCUT2D eigenvalue weighted by Crippen LogP contribution is -2.75. The Morgan fingerprint density at radius 1 is 1.07 bits per heavy atom. The molecule has 4 rings (SSSR count). The molecule has 2 saturated carbocycles. The van der Waals surface area contributed by atoms with E-state index in [9.17, 15) is 19.8 Å². The van der Waals surface area contributed by atoms with Gasteiger partial charge in [0, 0.05) is 30.3 Å². The predicted octanol–water partition coefficient (Wildman–Crippen LogP) is 6.52. The first-order valence-electron chi connectivity index (χ1n) is 16.2. The molecule has 0 saturated heterocycles. The number of esters is 2. The Balaban J connectivity index is 1.76. The minimum atomic E-state index is -1.35. The topological polar surface area (TPSA) is 93.1 Å². The van der Waals surface area contributed by atoms with Crippen molar-refractivity contribution in [2.24, 2.45) is 34.0 Å². The van der Waals surface area contributed by atoms with Gasteiger partial charge in [0.1, 0.15) is 12.7 Å². The lowest BCUT2D eigenvalue weighted by molar-refractivity contribution is -0.305. The molecule has 2 N–H and O–H groups in total. The summed E-state index contributed by atoms with van der Waals surface area (Å²) >= 11 is 0. The van der Waals surface area contributed by atoms with Crippen molar-refractivity contribution in [1.82, 2.24) is 0 Å². The number of aliphatic hydroxyl groups is 2. The second-order valence-electron chi connectivity index (χ2n) is 15.0. The molecule has 2 heterocycles. The number of fused-ring (bicyclic) bond motifs is 4. The molecule has 2 fully saturated rings. The Kier molecular flexibility index (Phi) is 9.71. The van der Waals surface area contributed by atoms with Crippen LogP contribution in [-0.2, 0) is 19.1 Å². The highest BCUT2D eigenvalue weighted by Gasteiger charge is 2.74. The third kappa shape index (κ3) is 6.28. The number of carbonyl (C=O) groups excluding carboxylic acids is 2. The van der Waals surface area contributed by atoms with Crippen molar-refractivity contribution < 1.29 is 29.3 Å².